The van der Waals surface area contributed by atoms with Gasteiger partial charge in [0.1, 0.15) is 0 Å². The molecule has 1 saturated carbocycles. The summed E-state index contributed by atoms with van der Waals surface area (Å²) in [7, 11) is 1.98. The van der Waals surface area contributed by atoms with E-state index in [4.69, 9.17) is 14.9 Å². The fourth-order valence-electron chi connectivity index (χ4n) is 2.44. The van der Waals surface area contributed by atoms with Gasteiger partial charge in [-0.1, -0.05) is 0 Å². The monoisotopic (exact) mass is 325 g/mol. The van der Waals surface area contributed by atoms with Gasteiger partial charge in [-0.2, -0.15) is 0 Å². The molecule has 120 valence electrons. The third kappa shape index (κ3) is 3.94. The van der Waals surface area contributed by atoms with Gasteiger partial charge in [-0.05, 0) is 36.9 Å². The third-order valence-corrected chi connectivity index (χ3v) is 4.87. The molecule has 0 saturated heterocycles. The molecule has 7 heteroatoms. The van der Waals surface area contributed by atoms with Gasteiger partial charge in [-0.15, -0.1) is 11.3 Å². The lowest BCUT2D eigenvalue weighted by molar-refractivity contribution is -0.134. The SMILES string of the molecule is CNC[C@@H]1OCC2(CC2)c2sccc21.O=C(O)/C=C/C(=O)O. The van der Waals surface area contributed by atoms with Crippen molar-refractivity contribution < 1.29 is 24.5 Å². The molecule has 1 aromatic rings. The minimum absolute atomic E-state index is 0.285. The Balaban J connectivity index is 0.000000192. The Bertz CT molecular complexity index is 560. The van der Waals surface area contributed by atoms with Crippen LogP contribution in [0.3, 0.4) is 0 Å². The van der Waals surface area contributed by atoms with Gasteiger partial charge in [0.25, 0.3) is 0 Å². The topological polar surface area (TPSA) is 95.9 Å². The molecule has 2 heterocycles. The van der Waals surface area contributed by atoms with Crippen molar-refractivity contribution in [3.8, 4) is 0 Å². The zero-order valence-corrected chi connectivity index (χ0v) is 13.1. The molecule has 0 radical (unpaired) electrons. The highest BCUT2D eigenvalue weighted by Gasteiger charge is 2.50. The molecule has 0 aromatic carbocycles. The molecule has 1 aromatic heterocycles. The number of likely N-dealkylation sites (N-methyl/N-ethyl adjacent to an activating group) is 1. The number of carbonyl (C=O) groups is 2. The summed E-state index contributed by atoms with van der Waals surface area (Å²) in [5.41, 5.74) is 1.88. The van der Waals surface area contributed by atoms with Crippen LogP contribution in [-0.4, -0.2) is 42.4 Å². The smallest absolute Gasteiger partial charge is 0.328 e. The molecule has 0 bridgehead atoms. The predicted octanol–water partition coefficient (Wildman–Crippen LogP) is 1.78. The van der Waals surface area contributed by atoms with Crippen LogP contribution in [-0.2, 0) is 19.7 Å². The van der Waals surface area contributed by atoms with E-state index in [1.807, 2.05) is 18.4 Å². The lowest BCUT2D eigenvalue weighted by Crippen LogP contribution is -2.29. The van der Waals surface area contributed by atoms with Crippen molar-refractivity contribution in [2.75, 3.05) is 20.2 Å². The Morgan fingerprint density at radius 2 is 2.05 bits per heavy atom. The van der Waals surface area contributed by atoms with Gasteiger partial charge in [0.15, 0.2) is 0 Å². The van der Waals surface area contributed by atoms with Crippen LogP contribution in [0.25, 0.3) is 0 Å². The second kappa shape index (κ2) is 7.04. The molecular formula is C15H19NO5S. The number of nitrogens with one attached hydrogen (secondary N) is 1. The Hall–Kier alpha value is -1.70. The van der Waals surface area contributed by atoms with E-state index in [1.54, 1.807) is 4.88 Å². The van der Waals surface area contributed by atoms with E-state index < -0.39 is 11.9 Å². The van der Waals surface area contributed by atoms with Crippen LogP contribution in [0, 0.1) is 0 Å². The summed E-state index contributed by atoms with van der Waals surface area (Å²) in [5.74, 6) is -2.51. The average molecular weight is 325 g/mol. The predicted molar refractivity (Wildman–Crippen MR) is 82.3 cm³/mol. The largest absolute Gasteiger partial charge is 0.478 e. The van der Waals surface area contributed by atoms with Crippen LogP contribution in [0.5, 0.6) is 0 Å². The highest BCUT2D eigenvalue weighted by Crippen LogP contribution is 2.55. The van der Waals surface area contributed by atoms with Crippen LogP contribution < -0.4 is 5.32 Å². The van der Waals surface area contributed by atoms with E-state index in [2.05, 4.69) is 16.8 Å². The number of carboxylic acids is 2. The summed E-state index contributed by atoms with van der Waals surface area (Å²) < 4.78 is 5.93. The highest BCUT2D eigenvalue weighted by molar-refractivity contribution is 7.10. The van der Waals surface area contributed by atoms with E-state index in [1.165, 1.54) is 18.4 Å². The van der Waals surface area contributed by atoms with Crippen LogP contribution in [0.1, 0.15) is 29.4 Å². The standard InChI is InChI=1S/C11H15NOS.C4H4O4/c1-12-6-9-8-2-5-14-10(8)11(3-4-11)7-13-9;5-3(6)1-2-4(7)8/h2,5,9,12H,3-4,6-7H2,1H3;1-2H,(H,5,6)(H,7,8)/b;2-1+/t9-;/m0./s1. The van der Waals surface area contributed by atoms with E-state index in [-0.39, 0.29) is 6.10 Å². The molecule has 3 rings (SSSR count). The van der Waals surface area contributed by atoms with Gasteiger partial charge in [0.2, 0.25) is 0 Å². The van der Waals surface area contributed by atoms with E-state index in [9.17, 15) is 9.59 Å². The minimum Gasteiger partial charge on any atom is -0.478 e. The molecule has 1 aliphatic heterocycles. The van der Waals surface area contributed by atoms with Crippen molar-refractivity contribution in [2.45, 2.75) is 24.4 Å². The fourth-order valence-corrected chi connectivity index (χ4v) is 3.64. The van der Waals surface area contributed by atoms with Crippen molar-refractivity contribution in [1.29, 1.82) is 0 Å². The molecule has 0 amide bonds. The number of ether oxygens (including phenoxy) is 1. The van der Waals surface area contributed by atoms with Gasteiger partial charge in [0, 0.05) is 29.0 Å². The minimum atomic E-state index is -1.26. The van der Waals surface area contributed by atoms with Crippen LogP contribution >= 0.6 is 11.3 Å². The maximum Gasteiger partial charge on any atom is 0.328 e. The van der Waals surface area contributed by atoms with Crippen molar-refractivity contribution in [1.82, 2.24) is 5.32 Å². The number of fused-ring (bicyclic) bond motifs is 2. The zero-order chi connectivity index (χ0) is 16.2. The molecule has 0 unspecified atom stereocenters. The summed E-state index contributed by atoms with van der Waals surface area (Å²) in [5, 5.41) is 21.0. The van der Waals surface area contributed by atoms with Gasteiger partial charge in [0.05, 0.1) is 12.7 Å². The van der Waals surface area contributed by atoms with Crippen molar-refractivity contribution in [3.63, 3.8) is 0 Å². The van der Waals surface area contributed by atoms with Gasteiger partial charge >= 0.3 is 11.9 Å². The molecule has 1 spiro atoms. The average Bonchev–Trinajstić information content (AvgIpc) is 3.05. The summed E-state index contributed by atoms with van der Waals surface area (Å²) >= 11 is 1.92. The van der Waals surface area contributed by atoms with Crippen molar-refractivity contribution >= 4 is 23.3 Å². The first-order valence-electron chi connectivity index (χ1n) is 6.96. The Labute approximate surface area is 132 Å². The zero-order valence-electron chi connectivity index (χ0n) is 12.2. The first kappa shape index (κ1) is 16.7. The molecule has 1 fully saturated rings. The normalized spacial score (nSPS) is 21.0. The number of rotatable bonds is 4. The number of aliphatic carboxylic acids is 2. The molecule has 1 atom stereocenters. The van der Waals surface area contributed by atoms with Crippen molar-refractivity contribution in [3.05, 3.63) is 34.0 Å². The number of hydrogen-bond donors (Lipinski definition) is 3. The number of hydrogen-bond acceptors (Lipinski definition) is 5. The van der Waals surface area contributed by atoms with E-state index >= 15 is 0 Å². The second-order valence-corrected chi connectivity index (χ2v) is 6.27. The number of thiophene rings is 1. The Morgan fingerprint density at radius 3 is 2.55 bits per heavy atom. The van der Waals surface area contributed by atoms with Gasteiger partial charge in [-0.3, -0.25) is 0 Å². The fraction of sp³-hybridized carbons (Fsp3) is 0.467. The molecule has 1 aliphatic carbocycles. The summed E-state index contributed by atoms with van der Waals surface area (Å²) in [4.78, 5) is 20.7. The molecule has 6 nitrogen and oxygen atoms in total. The Morgan fingerprint density at radius 1 is 1.41 bits per heavy atom. The summed E-state index contributed by atoms with van der Waals surface area (Å²) in [6.07, 6.45) is 4.05. The first-order chi connectivity index (χ1) is 10.5. The highest BCUT2D eigenvalue weighted by atomic mass is 32.1. The second-order valence-electron chi connectivity index (χ2n) is 5.35. The van der Waals surface area contributed by atoms with E-state index in [0.29, 0.717) is 17.6 Å². The maximum absolute atomic E-state index is 9.55. The Kier molecular flexibility index (Phi) is 5.33. The van der Waals surface area contributed by atoms with Crippen LogP contribution in [0.4, 0.5) is 0 Å². The third-order valence-electron chi connectivity index (χ3n) is 3.70. The molecule has 2 aliphatic rings. The summed E-state index contributed by atoms with van der Waals surface area (Å²) in [6, 6.07) is 2.24. The van der Waals surface area contributed by atoms with E-state index in [0.717, 1.165) is 13.2 Å². The van der Waals surface area contributed by atoms with Crippen LogP contribution in [0.2, 0.25) is 0 Å². The maximum atomic E-state index is 9.55. The quantitative estimate of drug-likeness (QED) is 0.730. The van der Waals surface area contributed by atoms with Gasteiger partial charge < -0.3 is 20.3 Å². The van der Waals surface area contributed by atoms with Crippen molar-refractivity contribution in [2.24, 2.45) is 0 Å². The lowest BCUT2D eigenvalue weighted by Gasteiger charge is -2.29. The molecule has 22 heavy (non-hydrogen) atoms. The van der Waals surface area contributed by atoms with Gasteiger partial charge in [-0.25, -0.2) is 9.59 Å². The number of carboxylic acid groups (broad SMARTS) is 2. The summed E-state index contributed by atoms with van der Waals surface area (Å²) in [6.45, 7) is 1.87. The first-order valence-corrected chi connectivity index (χ1v) is 7.84. The molecular weight excluding hydrogens is 306 g/mol. The lowest BCUT2D eigenvalue weighted by atomic mass is 9.96. The molecule has 3 N–H and O–H groups in total. The van der Waals surface area contributed by atoms with Crippen LogP contribution in [0.15, 0.2) is 23.6 Å².